The summed E-state index contributed by atoms with van der Waals surface area (Å²) in [4.78, 5) is 25.7. The molecule has 0 aliphatic heterocycles. The van der Waals surface area contributed by atoms with Crippen molar-refractivity contribution in [1.29, 1.82) is 0 Å². The minimum absolute atomic E-state index is 0. The number of carboxylic acid groups (broad SMARTS) is 6. The van der Waals surface area contributed by atoms with Crippen LogP contribution in [0.25, 0.3) is 0 Å². The predicted octanol–water partition coefficient (Wildman–Crippen LogP) is -5.10. The van der Waals surface area contributed by atoms with E-state index in [0.29, 0.717) is 0 Å². The first-order chi connectivity index (χ1) is 5.20. The second-order valence-electron chi connectivity index (χ2n) is 0.848. The molecule has 0 heterocycles. The summed E-state index contributed by atoms with van der Waals surface area (Å²) in [6.45, 7) is 0. The molecule has 14 heavy (non-hydrogen) atoms. The van der Waals surface area contributed by atoms with E-state index in [4.69, 9.17) is 45.0 Å². The van der Waals surface area contributed by atoms with Gasteiger partial charge in [-0.05, 0) is 0 Å². The summed E-state index contributed by atoms with van der Waals surface area (Å²) >= 11 is 0. The molecule has 0 spiro atoms. The van der Waals surface area contributed by atoms with Gasteiger partial charge in [-0.15, -0.1) is 0 Å². The van der Waals surface area contributed by atoms with E-state index >= 15 is 0 Å². The largest absolute Gasteiger partial charge is 1.00 e. The first-order valence-corrected chi connectivity index (χ1v) is 1.95. The third kappa shape index (κ3) is 38200. The van der Waals surface area contributed by atoms with E-state index in [9.17, 15) is 0 Å². The zero-order valence-electron chi connectivity index (χ0n) is 9.41. The maximum Gasteiger partial charge on any atom is 1.00 e. The van der Waals surface area contributed by atoms with Crippen molar-refractivity contribution >= 4 is 18.5 Å². The Bertz CT molecular complexity index is 124. The molecule has 0 aromatic rings. The Morgan fingerprint density at radius 1 is 0.571 bits per heavy atom. The fraction of sp³-hybridized carbons (Fsp3) is 0. The molecule has 76 valence electrons. The quantitative estimate of drug-likeness (QED) is 0.224. The molecule has 0 fully saturated rings. The smallest absolute Gasteiger partial charge is 1.00 e. The van der Waals surface area contributed by atoms with Gasteiger partial charge in [-0.2, -0.15) is 0 Å². The normalized spacial score (nSPS) is 5.14. The monoisotopic (exact) mass is 234 g/mol. The molecule has 0 aliphatic carbocycles. The van der Waals surface area contributed by atoms with E-state index in [0.717, 1.165) is 0 Å². The number of hydrogen-bond donors (Lipinski definition) is 6. The molecule has 0 aliphatic rings. The number of carbonyl (C=O) groups is 3. The molecule has 0 saturated carbocycles. The molecule has 11 heteroatoms. The SMILES string of the molecule is O=C(O)O.O=C(O)O.O=C(O)O.[H-].[H-].[Na+].[Na+]. The van der Waals surface area contributed by atoms with Gasteiger partial charge in [-0.25, -0.2) is 14.4 Å². The van der Waals surface area contributed by atoms with E-state index < -0.39 is 18.5 Å². The van der Waals surface area contributed by atoms with Crippen molar-refractivity contribution in [3.8, 4) is 0 Å². The summed E-state index contributed by atoms with van der Waals surface area (Å²) in [6.07, 6.45) is -5.50. The summed E-state index contributed by atoms with van der Waals surface area (Å²) in [5, 5.41) is 41.8. The molecule has 0 saturated heterocycles. The predicted molar refractivity (Wildman–Crippen MR) is 34.2 cm³/mol. The maximum absolute atomic E-state index is 8.56. The van der Waals surface area contributed by atoms with Crippen molar-refractivity contribution in [2.75, 3.05) is 0 Å². The molecule has 0 rings (SSSR count). The van der Waals surface area contributed by atoms with Gasteiger partial charge in [-0.3, -0.25) is 0 Å². The summed E-state index contributed by atoms with van der Waals surface area (Å²) in [5.74, 6) is 0. The number of hydrogen-bond acceptors (Lipinski definition) is 3. The van der Waals surface area contributed by atoms with Crippen LogP contribution in [0.15, 0.2) is 0 Å². The molecule has 9 nitrogen and oxygen atoms in total. The Morgan fingerprint density at radius 3 is 0.571 bits per heavy atom. The Balaban J connectivity index is -0.0000000135. The minimum atomic E-state index is -1.83. The first-order valence-electron chi connectivity index (χ1n) is 1.95. The minimum Gasteiger partial charge on any atom is -1.00 e. The Labute approximate surface area is 125 Å². The van der Waals surface area contributed by atoms with Crippen LogP contribution in [0.4, 0.5) is 14.4 Å². The molecule has 0 amide bonds. The summed E-state index contributed by atoms with van der Waals surface area (Å²) in [5.41, 5.74) is 0. The Morgan fingerprint density at radius 2 is 0.571 bits per heavy atom. The molecule has 0 bridgehead atoms. The van der Waals surface area contributed by atoms with Gasteiger partial charge >= 0.3 is 77.6 Å². The van der Waals surface area contributed by atoms with Crippen molar-refractivity contribution in [2.24, 2.45) is 0 Å². The third-order valence-corrected chi connectivity index (χ3v) is 0. The van der Waals surface area contributed by atoms with Crippen LogP contribution in [0, 0.1) is 0 Å². The van der Waals surface area contributed by atoms with Crippen LogP contribution >= 0.6 is 0 Å². The van der Waals surface area contributed by atoms with E-state index in [1.165, 1.54) is 0 Å². The van der Waals surface area contributed by atoms with Crippen LogP contribution < -0.4 is 59.1 Å². The van der Waals surface area contributed by atoms with E-state index in [1.54, 1.807) is 0 Å². The summed E-state index contributed by atoms with van der Waals surface area (Å²) < 4.78 is 0. The van der Waals surface area contributed by atoms with Gasteiger partial charge in [0.25, 0.3) is 0 Å². The fourth-order valence-electron chi connectivity index (χ4n) is 0. The van der Waals surface area contributed by atoms with Gasteiger partial charge in [0.15, 0.2) is 0 Å². The van der Waals surface area contributed by atoms with Crippen molar-refractivity contribution in [3.63, 3.8) is 0 Å². The van der Waals surface area contributed by atoms with Gasteiger partial charge in [0.05, 0.1) is 0 Å². The second kappa shape index (κ2) is 23.0. The number of rotatable bonds is 0. The average Bonchev–Trinajstić information content (AvgIpc) is 1.54. The van der Waals surface area contributed by atoms with Crippen molar-refractivity contribution in [3.05, 3.63) is 0 Å². The van der Waals surface area contributed by atoms with E-state index in [1.807, 2.05) is 0 Å². The Hall–Kier alpha value is -0.190. The summed E-state index contributed by atoms with van der Waals surface area (Å²) in [6, 6.07) is 0. The maximum atomic E-state index is 8.56. The standard InChI is InChI=1S/3CH2O3.2Na.2H/c3*2-1(3)4;;;;/h3*(H2,2,3,4);;;;/q;;;2*+1;2*-1. The molecule has 0 unspecified atom stereocenters. The van der Waals surface area contributed by atoms with Gasteiger partial charge in [-0.1, -0.05) is 0 Å². The van der Waals surface area contributed by atoms with Crippen LogP contribution in [0.1, 0.15) is 2.85 Å². The molecule has 0 aromatic carbocycles. The van der Waals surface area contributed by atoms with Crippen molar-refractivity contribution in [1.82, 2.24) is 0 Å². The van der Waals surface area contributed by atoms with Crippen LogP contribution in [0.5, 0.6) is 0 Å². The van der Waals surface area contributed by atoms with Crippen LogP contribution in [-0.2, 0) is 0 Å². The molecular formula is C3H8Na2O9. The van der Waals surface area contributed by atoms with Gasteiger partial charge in [0.1, 0.15) is 0 Å². The first kappa shape index (κ1) is 29.2. The molecule has 0 radical (unpaired) electrons. The average molecular weight is 234 g/mol. The zero-order valence-corrected chi connectivity index (χ0v) is 11.4. The van der Waals surface area contributed by atoms with Gasteiger partial charge in [0.2, 0.25) is 0 Å². The van der Waals surface area contributed by atoms with Crippen LogP contribution in [0.2, 0.25) is 0 Å². The summed E-state index contributed by atoms with van der Waals surface area (Å²) in [7, 11) is 0. The van der Waals surface area contributed by atoms with Crippen molar-refractivity contribution < 1.29 is 107 Å². The molecular weight excluding hydrogens is 226 g/mol. The van der Waals surface area contributed by atoms with E-state index in [2.05, 4.69) is 0 Å². The molecule has 0 aromatic heterocycles. The van der Waals surface area contributed by atoms with Crippen LogP contribution in [-0.4, -0.2) is 49.1 Å². The van der Waals surface area contributed by atoms with Crippen LogP contribution in [0.3, 0.4) is 0 Å². The van der Waals surface area contributed by atoms with Gasteiger partial charge < -0.3 is 33.5 Å². The zero-order chi connectivity index (χ0) is 10.7. The van der Waals surface area contributed by atoms with Gasteiger partial charge in [0, 0.05) is 0 Å². The fourth-order valence-corrected chi connectivity index (χ4v) is 0. The Kier molecular flexibility index (Phi) is 48.0. The van der Waals surface area contributed by atoms with E-state index in [-0.39, 0.29) is 62.0 Å². The van der Waals surface area contributed by atoms with Crippen molar-refractivity contribution in [2.45, 2.75) is 0 Å². The third-order valence-electron chi connectivity index (χ3n) is 0. The topological polar surface area (TPSA) is 173 Å². The molecule has 6 N–H and O–H groups in total. The molecule has 0 atom stereocenters. The second-order valence-corrected chi connectivity index (χ2v) is 0.848.